The fourth-order valence-electron chi connectivity index (χ4n) is 2.37. The van der Waals surface area contributed by atoms with Crippen molar-refractivity contribution in [2.75, 3.05) is 32.7 Å². The van der Waals surface area contributed by atoms with Crippen LogP contribution in [0.15, 0.2) is 24.4 Å². The van der Waals surface area contributed by atoms with E-state index in [1.165, 1.54) is 0 Å². The average Bonchev–Trinajstić information content (AvgIpc) is 2.31. The van der Waals surface area contributed by atoms with Gasteiger partial charge in [-0.1, -0.05) is 6.07 Å². The van der Waals surface area contributed by atoms with Crippen molar-refractivity contribution < 1.29 is 5.11 Å². The van der Waals surface area contributed by atoms with E-state index in [4.69, 9.17) is 0 Å². The lowest BCUT2D eigenvalue weighted by atomic mass is 10.1. The molecular formula is C14H23N3O. The first-order valence-electron chi connectivity index (χ1n) is 6.60. The maximum atomic E-state index is 9.81. The molecule has 0 saturated carbocycles. The summed E-state index contributed by atoms with van der Waals surface area (Å²) in [6.45, 7) is 9.56. The lowest BCUT2D eigenvalue weighted by Gasteiger charge is -2.37. The molecule has 0 aromatic carbocycles. The predicted molar refractivity (Wildman–Crippen MR) is 72.3 cm³/mol. The summed E-state index contributed by atoms with van der Waals surface area (Å²) >= 11 is 0. The Kier molecular flexibility index (Phi) is 4.32. The van der Waals surface area contributed by atoms with Crippen molar-refractivity contribution in [3.63, 3.8) is 0 Å². The molecule has 2 rings (SSSR count). The van der Waals surface area contributed by atoms with Crippen molar-refractivity contribution in [2.45, 2.75) is 26.0 Å². The third-order valence-electron chi connectivity index (χ3n) is 3.19. The molecule has 0 spiro atoms. The smallest absolute Gasteiger partial charge is 0.0718 e. The Bertz CT molecular complexity index is 353. The maximum Gasteiger partial charge on any atom is 0.0718 e. The highest BCUT2D eigenvalue weighted by atomic mass is 16.3. The quantitative estimate of drug-likeness (QED) is 0.863. The lowest BCUT2D eigenvalue weighted by Crippen LogP contribution is -2.50. The molecule has 1 aromatic rings. The van der Waals surface area contributed by atoms with E-state index in [0.717, 1.165) is 45.0 Å². The summed E-state index contributed by atoms with van der Waals surface area (Å²) in [6, 6.07) is 6.06. The van der Waals surface area contributed by atoms with Crippen molar-refractivity contribution >= 4 is 0 Å². The van der Waals surface area contributed by atoms with Crippen LogP contribution in [0.5, 0.6) is 0 Å². The molecule has 0 amide bonds. The van der Waals surface area contributed by atoms with Crippen molar-refractivity contribution in [1.29, 1.82) is 0 Å². The molecule has 0 aliphatic carbocycles. The molecular weight excluding hydrogens is 226 g/mol. The van der Waals surface area contributed by atoms with Gasteiger partial charge in [0.15, 0.2) is 0 Å². The molecule has 1 fully saturated rings. The molecule has 1 saturated heterocycles. The van der Waals surface area contributed by atoms with Crippen molar-refractivity contribution in [3.05, 3.63) is 30.1 Å². The van der Waals surface area contributed by atoms with Crippen LogP contribution in [-0.2, 0) is 6.54 Å². The number of aliphatic hydroxyl groups is 1. The average molecular weight is 249 g/mol. The standard InChI is InChI=1S/C14H23N3O/c1-14(2,18)12-17-9-7-16(8-10-17)11-13-5-3-4-6-15-13/h3-6,18H,7-12H2,1-2H3. The molecule has 18 heavy (non-hydrogen) atoms. The van der Waals surface area contributed by atoms with E-state index in [-0.39, 0.29) is 0 Å². The summed E-state index contributed by atoms with van der Waals surface area (Å²) in [4.78, 5) is 9.10. The number of β-amino-alcohol motifs (C(OH)–C–C–N with tert-alkyl or cyclic N) is 1. The largest absolute Gasteiger partial charge is 0.389 e. The first-order chi connectivity index (χ1) is 8.53. The minimum Gasteiger partial charge on any atom is -0.389 e. The van der Waals surface area contributed by atoms with E-state index in [9.17, 15) is 5.11 Å². The van der Waals surface area contributed by atoms with Gasteiger partial charge in [-0.25, -0.2) is 0 Å². The number of pyridine rings is 1. The van der Waals surface area contributed by atoms with Gasteiger partial charge in [-0.3, -0.25) is 14.8 Å². The van der Waals surface area contributed by atoms with Gasteiger partial charge in [0.25, 0.3) is 0 Å². The Balaban J connectivity index is 1.77. The number of rotatable bonds is 4. The monoisotopic (exact) mass is 249 g/mol. The van der Waals surface area contributed by atoms with E-state index in [1.807, 2.05) is 32.2 Å². The fourth-order valence-corrected chi connectivity index (χ4v) is 2.37. The van der Waals surface area contributed by atoms with Gasteiger partial charge >= 0.3 is 0 Å². The fraction of sp³-hybridized carbons (Fsp3) is 0.643. The maximum absolute atomic E-state index is 9.81. The van der Waals surface area contributed by atoms with Crippen LogP contribution in [0.2, 0.25) is 0 Å². The second kappa shape index (κ2) is 5.78. The highest BCUT2D eigenvalue weighted by Crippen LogP contribution is 2.10. The molecule has 1 N–H and O–H groups in total. The summed E-state index contributed by atoms with van der Waals surface area (Å²) in [6.07, 6.45) is 1.85. The van der Waals surface area contributed by atoms with Crippen LogP contribution >= 0.6 is 0 Å². The van der Waals surface area contributed by atoms with Gasteiger partial charge in [0, 0.05) is 45.5 Å². The SMILES string of the molecule is CC(C)(O)CN1CCN(Cc2ccccn2)CC1. The lowest BCUT2D eigenvalue weighted by molar-refractivity contribution is 0.0165. The normalized spacial score (nSPS) is 19.1. The Labute approximate surface area is 109 Å². The van der Waals surface area contributed by atoms with E-state index >= 15 is 0 Å². The highest BCUT2D eigenvalue weighted by Gasteiger charge is 2.22. The molecule has 0 radical (unpaired) electrons. The molecule has 1 aliphatic heterocycles. The second-order valence-corrected chi connectivity index (χ2v) is 5.69. The Hall–Kier alpha value is -0.970. The Morgan fingerprint density at radius 2 is 1.83 bits per heavy atom. The first-order valence-corrected chi connectivity index (χ1v) is 6.60. The van der Waals surface area contributed by atoms with Crippen molar-refractivity contribution in [3.8, 4) is 0 Å². The minimum absolute atomic E-state index is 0.594. The second-order valence-electron chi connectivity index (χ2n) is 5.69. The number of aromatic nitrogens is 1. The molecule has 4 nitrogen and oxygen atoms in total. The van der Waals surface area contributed by atoms with Gasteiger partial charge in [0.1, 0.15) is 0 Å². The van der Waals surface area contributed by atoms with Crippen molar-refractivity contribution in [1.82, 2.24) is 14.8 Å². The van der Waals surface area contributed by atoms with Gasteiger partial charge in [0.05, 0.1) is 11.3 Å². The van der Waals surface area contributed by atoms with Gasteiger partial charge in [-0.05, 0) is 26.0 Å². The summed E-state index contributed by atoms with van der Waals surface area (Å²) in [7, 11) is 0. The number of hydrogen-bond acceptors (Lipinski definition) is 4. The topological polar surface area (TPSA) is 39.6 Å². The van der Waals surface area contributed by atoms with E-state index in [2.05, 4.69) is 20.9 Å². The van der Waals surface area contributed by atoms with Gasteiger partial charge in [0.2, 0.25) is 0 Å². The summed E-state index contributed by atoms with van der Waals surface area (Å²) in [5.74, 6) is 0. The van der Waals surface area contributed by atoms with Crippen LogP contribution in [0.1, 0.15) is 19.5 Å². The highest BCUT2D eigenvalue weighted by molar-refractivity contribution is 5.03. The van der Waals surface area contributed by atoms with Crippen LogP contribution in [0.25, 0.3) is 0 Å². The third kappa shape index (κ3) is 4.37. The zero-order valence-electron chi connectivity index (χ0n) is 11.3. The molecule has 1 aliphatic rings. The molecule has 100 valence electrons. The molecule has 4 heteroatoms. The Morgan fingerprint density at radius 3 is 2.39 bits per heavy atom. The minimum atomic E-state index is -0.594. The molecule has 1 aromatic heterocycles. The van der Waals surface area contributed by atoms with E-state index in [0.29, 0.717) is 0 Å². The number of piperazine rings is 1. The molecule has 0 atom stereocenters. The van der Waals surface area contributed by atoms with E-state index in [1.54, 1.807) is 0 Å². The zero-order chi connectivity index (χ0) is 13.0. The van der Waals surface area contributed by atoms with Crippen LogP contribution in [0.4, 0.5) is 0 Å². The third-order valence-corrected chi connectivity index (χ3v) is 3.19. The zero-order valence-corrected chi connectivity index (χ0v) is 11.3. The van der Waals surface area contributed by atoms with Crippen molar-refractivity contribution in [2.24, 2.45) is 0 Å². The molecule has 0 bridgehead atoms. The van der Waals surface area contributed by atoms with Crippen LogP contribution in [0, 0.1) is 0 Å². The molecule has 2 heterocycles. The number of hydrogen-bond donors (Lipinski definition) is 1. The number of nitrogens with zero attached hydrogens (tertiary/aromatic N) is 3. The predicted octanol–water partition coefficient (Wildman–Crippen LogP) is 0.970. The Morgan fingerprint density at radius 1 is 1.17 bits per heavy atom. The summed E-state index contributed by atoms with van der Waals surface area (Å²) in [5, 5.41) is 9.81. The first kappa shape index (κ1) is 13.5. The summed E-state index contributed by atoms with van der Waals surface area (Å²) in [5.41, 5.74) is 0.539. The van der Waals surface area contributed by atoms with E-state index < -0.39 is 5.60 Å². The van der Waals surface area contributed by atoms with Crippen LogP contribution in [-0.4, -0.2) is 58.2 Å². The van der Waals surface area contributed by atoms with Gasteiger partial charge in [-0.15, -0.1) is 0 Å². The van der Waals surface area contributed by atoms with Gasteiger partial charge in [-0.2, -0.15) is 0 Å². The van der Waals surface area contributed by atoms with Crippen LogP contribution in [0.3, 0.4) is 0 Å². The molecule has 0 unspecified atom stereocenters. The summed E-state index contributed by atoms with van der Waals surface area (Å²) < 4.78 is 0. The van der Waals surface area contributed by atoms with Gasteiger partial charge < -0.3 is 5.11 Å². The van der Waals surface area contributed by atoms with Crippen LogP contribution < -0.4 is 0 Å².